The lowest BCUT2D eigenvalue weighted by molar-refractivity contribution is -0.118. The molecule has 4 rings (SSSR count). The van der Waals surface area contributed by atoms with Crippen LogP contribution in [0.15, 0.2) is 51.4 Å². The van der Waals surface area contributed by atoms with Gasteiger partial charge < -0.3 is 14.5 Å². The molecule has 24 heavy (non-hydrogen) atoms. The van der Waals surface area contributed by atoms with Gasteiger partial charge in [0.25, 0.3) is 5.91 Å². The van der Waals surface area contributed by atoms with E-state index >= 15 is 0 Å². The fourth-order valence-electron chi connectivity index (χ4n) is 2.43. The first-order valence-corrected chi connectivity index (χ1v) is 8.55. The van der Waals surface area contributed by atoms with Gasteiger partial charge in [-0.25, -0.2) is 4.98 Å². The molecule has 1 N–H and O–H groups in total. The highest BCUT2D eigenvalue weighted by molar-refractivity contribution is 9.10. The minimum atomic E-state index is -0.222. The lowest BCUT2D eigenvalue weighted by Gasteiger charge is -2.07. The van der Waals surface area contributed by atoms with Gasteiger partial charge in [0.1, 0.15) is 11.3 Å². The van der Waals surface area contributed by atoms with Crippen molar-refractivity contribution < 1.29 is 13.9 Å². The van der Waals surface area contributed by atoms with Gasteiger partial charge in [-0.05, 0) is 49.2 Å². The Labute approximate surface area is 147 Å². The fraction of sp³-hybridized carbons (Fsp3) is 0.222. The van der Waals surface area contributed by atoms with E-state index in [0.717, 1.165) is 34.3 Å². The highest BCUT2D eigenvalue weighted by atomic mass is 79.9. The second kappa shape index (κ2) is 6.28. The number of anilines is 1. The van der Waals surface area contributed by atoms with E-state index < -0.39 is 0 Å². The summed E-state index contributed by atoms with van der Waals surface area (Å²) >= 11 is 3.37. The van der Waals surface area contributed by atoms with Crippen LogP contribution in [0.1, 0.15) is 24.7 Å². The molecule has 6 heteroatoms. The highest BCUT2D eigenvalue weighted by Crippen LogP contribution is 2.40. The van der Waals surface area contributed by atoms with Gasteiger partial charge in [0.2, 0.25) is 0 Å². The first kappa shape index (κ1) is 15.2. The van der Waals surface area contributed by atoms with Gasteiger partial charge in [-0.2, -0.15) is 0 Å². The molecular weight excluding hydrogens is 372 g/mol. The number of aromatic nitrogens is 1. The van der Waals surface area contributed by atoms with Crippen molar-refractivity contribution in [2.24, 2.45) is 0 Å². The van der Waals surface area contributed by atoms with E-state index in [0.29, 0.717) is 17.4 Å². The molecular formula is C18H15BrN2O3. The van der Waals surface area contributed by atoms with E-state index in [-0.39, 0.29) is 12.5 Å². The smallest absolute Gasteiger partial charge is 0.262 e. The summed E-state index contributed by atoms with van der Waals surface area (Å²) in [6, 6.07) is 12.8. The zero-order valence-corrected chi connectivity index (χ0v) is 14.4. The van der Waals surface area contributed by atoms with Crippen LogP contribution in [0.2, 0.25) is 0 Å². The number of halogens is 1. The molecule has 0 atom stereocenters. The molecule has 2 aromatic carbocycles. The Balaban J connectivity index is 1.40. The standard InChI is InChI=1S/C18H15BrN2O3/c19-12-2-1-3-14(8-12)23-10-17(22)20-13-6-7-16-15(9-13)21-18(24-16)11-4-5-11/h1-3,6-9,11H,4-5,10H2,(H,20,22). The molecule has 1 heterocycles. The SMILES string of the molecule is O=C(COc1cccc(Br)c1)Nc1ccc2oc(C3CC3)nc2c1. The molecule has 1 saturated carbocycles. The Kier molecular flexibility index (Phi) is 3.98. The van der Waals surface area contributed by atoms with Gasteiger partial charge >= 0.3 is 0 Å². The number of amides is 1. The Hall–Kier alpha value is -2.34. The molecule has 0 unspecified atom stereocenters. The normalized spacial score (nSPS) is 13.9. The van der Waals surface area contributed by atoms with E-state index in [4.69, 9.17) is 9.15 Å². The van der Waals surface area contributed by atoms with Crippen LogP contribution in [-0.2, 0) is 4.79 Å². The van der Waals surface area contributed by atoms with Crippen LogP contribution in [0.25, 0.3) is 11.1 Å². The van der Waals surface area contributed by atoms with Crippen LogP contribution in [0.4, 0.5) is 5.69 Å². The number of nitrogens with zero attached hydrogens (tertiary/aromatic N) is 1. The van der Waals surface area contributed by atoms with Crippen molar-refractivity contribution in [2.75, 3.05) is 11.9 Å². The summed E-state index contributed by atoms with van der Waals surface area (Å²) in [5.41, 5.74) is 2.20. The lowest BCUT2D eigenvalue weighted by Crippen LogP contribution is -2.20. The van der Waals surface area contributed by atoms with Gasteiger partial charge in [-0.15, -0.1) is 0 Å². The van der Waals surface area contributed by atoms with Crippen LogP contribution in [0.3, 0.4) is 0 Å². The largest absolute Gasteiger partial charge is 0.484 e. The highest BCUT2D eigenvalue weighted by Gasteiger charge is 2.28. The molecule has 5 nitrogen and oxygen atoms in total. The number of oxazole rings is 1. The molecule has 1 aromatic heterocycles. The van der Waals surface area contributed by atoms with Gasteiger partial charge in [-0.3, -0.25) is 4.79 Å². The van der Waals surface area contributed by atoms with Crippen LogP contribution in [0, 0.1) is 0 Å². The number of nitrogens with one attached hydrogen (secondary N) is 1. The van der Waals surface area contributed by atoms with Crippen molar-refractivity contribution in [1.82, 2.24) is 4.98 Å². The van der Waals surface area contributed by atoms with Crippen molar-refractivity contribution in [3.63, 3.8) is 0 Å². The monoisotopic (exact) mass is 386 g/mol. The van der Waals surface area contributed by atoms with Crippen molar-refractivity contribution in [3.05, 3.63) is 52.8 Å². The zero-order valence-electron chi connectivity index (χ0n) is 12.8. The van der Waals surface area contributed by atoms with Crippen LogP contribution >= 0.6 is 15.9 Å². The van der Waals surface area contributed by atoms with Gasteiger partial charge in [0.05, 0.1) is 0 Å². The maximum atomic E-state index is 12.0. The molecule has 0 bridgehead atoms. The van der Waals surface area contributed by atoms with E-state index in [2.05, 4.69) is 26.2 Å². The number of carbonyl (C=O) groups is 1. The number of fused-ring (bicyclic) bond motifs is 1. The maximum Gasteiger partial charge on any atom is 0.262 e. The maximum absolute atomic E-state index is 12.0. The van der Waals surface area contributed by atoms with Crippen molar-refractivity contribution in [2.45, 2.75) is 18.8 Å². The summed E-state index contributed by atoms with van der Waals surface area (Å²) < 4.78 is 12.1. The van der Waals surface area contributed by atoms with Crippen LogP contribution < -0.4 is 10.1 Å². The number of hydrogen-bond donors (Lipinski definition) is 1. The second-order valence-corrected chi connectivity index (χ2v) is 6.72. The predicted octanol–water partition coefficient (Wildman–Crippen LogP) is 4.49. The summed E-state index contributed by atoms with van der Waals surface area (Å²) in [7, 11) is 0. The van der Waals surface area contributed by atoms with Crippen LogP contribution in [-0.4, -0.2) is 17.5 Å². The Morgan fingerprint density at radius 3 is 2.96 bits per heavy atom. The van der Waals surface area contributed by atoms with E-state index in [1.807, 2.05) is 30.3 Å². The van der Waals surface area contributed by atoms with Crippen molar-refractivity contribution in [3.8, 4) is 5.75 Å². The van der Waals surface area contributed by atoms with Gasteiger partial charge in [-0.1, -0.05) is 22.0 Å². The molecule has 0 radical (unpaired) electrons. The van der Waals surface area contributed by atoms with Gasteiger partial charge in [0, 0.05) is 16.1 Å². The summed E-state index contributed by atoms with van der Waals surface area (Å²) in [6.45, 7) is -0.0549. The summed E-state index contributed by atoms with van der Waals surface area (Å²) in [5.74, 6) is 1.68. The molecule has 0 saturated heterocycles. The van der Waals surface area contributed by atoms with E-state index in [1.54, 1.807) is 12.1 Å². The molecule has 3 aromatic rings. The predicted molar refractivity (Wildman–Crippen MR) is 94.3 cm³/mol. The fourth-order valence-corrected chi connectivity index (χ4v) is 2.81. The minimum absolute atomic E-state index is 0.0549. The Bertz CT molecular complexity index is 902. The van der Waals surface area contributed by atoms with E-state index in [9.17, 15) is 4.79 Å². The average Bonchev–Trinajstić information content (AvgIpc) is 3.33. The first-order chi connectivity index (χ1) is 11.7. The summed E-state index contributed by atoms with van der Waals surface area (Å²) in [5, 5.41) is 2.82. The lowest BCUT2D eigenvalue weighted by atomic mass is 10.3. The summed E-state index contributed by atoms with van der Waals surface area (Å²) in [6.07, 6.45) is 2.28. The molecule has 1 amide bonds. The topological polar surface area (TPSA) is 64.4 Å². The molecule has 122 valence electrons. The molecule has 0 aliphatic heterocycles. The van der Waals surface area contributed by atoms with Crippen molar-refractivity contribution >= 4 is 38.6 Å². The van der Waals surface area contributed by atoms with Gasteiger partial charge in [0.15, 0.2) is 18.1 Å². The Morgan fingerprint density at radius 2 is 2.17 bits per heavy atom. The number of hydrogen-bond acceptors (Lipinski definition) is 4. The number of benzene rings is 2. The number of rotatable bonds is 5. The number of carbonyl (C=O) groups excluding carboxylic acids is 1. The summed E-state index contributed by atoms with van der Waals surface area (Å²) in [4.78, 5) is 16.5. The molecule has 1 aliphatic carbocycles. The number of ether oxygens (including phenoxy) is 1. The quantitative estimate of drug-likeness (QED) is 0.701. The first-order valence-electron chi connectivity index (χ1n) is 7.76. The third-order valence-electron chi connectivity index (χ3n) is 3.78. The third-order valence-corrected chi connectivity index (χ3v) is 4.27. The van der Waals surface area contributed by atoms with E-state index in [1.165, 1.54) is 0 Å². The van der Waals surface area contributed by atoms with Crippen LogP contribution in [0.5, 0.6) is 5.75 Å². The molecule has 0 spiro atoms. The molecule has 1 aliphatic rings. The average molecular weight is 387 g/mol. The minimum Gasteiger partial charge on any atom is -0.484 e. The zero-order chi connectivity index (χ0) is 16.5. The molecule has 1 fully saturated rings. The Morgan fingerprint density at radius 1 is 1.29 bits per heavy atom. The second-order valence-electron chi connectivity index (χ2n) is 5.80. The third kappa shape index (κ3) is 3.43. The van der Waals surface area contributed by atoms with Crippen molar-refractivity contribution in [1.29, 1.82) is 0 Å².